The molecule has 0 aromatic heterocycles. The fourth-order valence-corrected chi connectivity index (χ4v) is 0. The average Bonchev–Trinajstić information content (AvgIpc) is 1.54. The summed E-state index contributed by atoms with van der Waals surface area (Å²) in [6.45, 7) is 0. The van der Waals surface area contributed by atoms with Crippen LogP contribution in [0.15, 0.2) is 0 Å². The third-order valence-corrected chi connectivity index (χ3v) is 0. The van der Waals surface area contributed by atoms with Gasteiger partial charge in [0.05, 0.1) is 15.3 Å². The van der Waals surface area contributed by atoms with E-state index in [9.17, 15) is 0 Å². The largest absolute Gasteiger partial charge is 3.00 e. The van der Waals surface area contributed by atoms with Crippen molar-refractivity contribution in [3.05, 3.63) is 46.0 Å². The van der Waals surface area contributed by atoms with E-state index in [-0.39, 0.29) is 22.8 Å². The van der Waals surface area contributed by atoms with Gasteiger partial charge >= 0.3 is 17.4 Å². The van der Waals surface area contributed by atoms with Crippen molar-refractivity contribution in [2.24, 2.45) is 0 Å². The zero-order valence-corrected chi connectivity index (χ0v) is 7.20. The Hall–Kier alpha value is -1.91. The van der Waals surface area contributed by atoms with Crippen molar-refractivity contribution < 1.29 is 38.1 Å². The maximum Gasteiger partial charge on any atom is 3.00 e. The Balaban J connectivity index is -0.0000000270. The molecule has 0 heterocycles. The standard InChI is InChI=1S/Cr.3NO3.H2O/c;3*2-1(3)4;/h;;;;1H2/q+3;3*-1;. The van der Waals surface area contributed by atoms with Crippen molar-refractivity contribution >= 4 is 0 Å². The van der Waals surface area contributed by atoms with Crippen molar-refractivity contribution in [2.45, 2.75) is 0 Å². The monoisotopic (exact) mass is 256 g/mol. The zero-order valence-electron chi connectivity index (χ0n) is 5.92. The van der Waals surface area contributed by atoms with Crippen molar-refractivity contribution in [3.63, 3.8) is 0 Å². The Morgan fingerprint density at radius 2 is 0.571 bits per heavy atom. The molecule has 0 unspecified atom stereocenters. The molecule has 0 amide bonds. The minimum atomic E-state index is -1.75. The van der Waals surface area contributed by atoms with Gasteiger partial charge in [-0.05, 0) is 0 Å². The van der Waals surface area contributed by atoms with Gasteiger partial charge in [0.2, 0.25) is 0 Å². The van der Waals surface area contributed by atoms with Gasteiger partial charge < -0.3 is 51.4 Å². The maximum atomic E-state index is 8.25. The predicted molar refractivity (Wildman–Crippen MR) is 34.7 cm³/mol. The van der Waals surface area contributed by atoms with Gasteiger partial charge in [0, 0.05) is 0 Å². The van der Waals surface area contributed by atoms with Crippen LogP contribution < -0.4 is 0 Å². The van der Waals surface area contributed by atoms with Crippen LogP contribution in [0.25, 0.3) is 0 Å². The van der Waals surface area contributed by atoms with Gasteiger partial charge in [-0.25, -0.2) is 0 Å². The molecular weight excluding hydrogens is 254 g/mol. The normalized spacial score (nSPS) is 5.14. The Morgan fingerprint density at radius 1 is 0.571 bits per heavy atom. The first-order valence-electron chi connectivity index (χ1n) is 1.64. The van der Waals surface area contributed by atoms with Gasteiger partial charge in [0.15, 0.2) is 0 Å². The second-order valence-electron chi connectivity index (χ2n) is 0.671. The molecule has 0 aliphatic heterocycles. The van der Waals surface area contributed by atoms with Crippen LogP contribution in [0, 0.1) is 46.0 Å². The SMILES string of the molecule is O.O=[N+]([O-])[O-].O=[N+]([O-])[O-].O=[N+]([O-])[O-].[Cr+3]. The van der Waals surface area contributed by atoms with E-state index in [0.29, 0.717) is 0 Å². The van der Waals surface area contributed by atoms with E-state index in [1.807, 2.05) is 0 Å². The number of hydrogen-bond acceptors (Lipinski definition) is 9. The first kappa shape index (κ1) is 29.6. The topological polar surface area (TPSA) is 230 Å². The third-order valence-electron chi connectivity index (χ3n) is 0. The summed E-state index contributed by atoms with van der Waals surface area (Å²) in [7, 11) is 0. The van der Waals surface area contributed by atoms with Gasteiger partial charge in [-0.3, -0.25) is 0 Å². The van der Waals surface area contributed by atoms with E-state index in [1.165, 1.54) is 0 Å². The minimum Gasteiger partial charge on any atom is -0.412 e. The van der Waals surface area contributed by atoms with Crippen molar-refractivity contribution in [2.75, 3.05) is 0 Å². The van der Waals surface area contributed by atoms with Crippen LogP contribution >= 0.6 is 0 Å². The van der Waals surface area contributed by atoms with Crippen LogP contribution in [-0.4, -0.2) is 20.7 Å². The summed E-state index contributed by atoms with van der Waals surface area (Å²) >= 11 is 0. The fourth-order valence-electron chi connectivity index (χ4n) is 0. The summed E-state index contributed by atoms with van der Waals surface area (Å²) in [5.41, 5.74) is 0. The molecule has 83 valence electrons. The number of hydrogen-bond donors (Lipinski definition) is 0. The predicted octanol–water partition coefficient (Wildman–Crippen LogP) is -1.54. The summed E-state index contributed by atoms with van der Waals surface area (Å²) in [5, 5.41) is 44.2. The molecule has 1 radical (unpaired) electrons. The first-order chi connectivity index (χ1) is 5.20. The second kappa shape index (κ2) is 22.5. The molecule has 0 bridgehead atoms. The number of nitrogens with zero attached hydrogens (tertiary/aromatic N) is 3. The molecule has 0 aliphatic rings. The average molecular weight is 256 g/mol. The molecule has 0 aromatic rings. The van der Waals surface area contributed by atoms with E-state index < -0.39 is 15.3 Å². The Labute approximate surface area is 84.9 Å². The fraction of sp³-hybridized carbons (Fsp3) is 0. The van der Waals surface area contributed by atoms with E-state index in [0.717, 1.165) is 0 Å². The quantitative estimate of drug-likeness (QED) is 0.359. The third kappa shape index (κ3) is 229. The van der Waals surface area contributed by atoms with E-state index in [1.54, 1.807) is 0 Å². The molecular formula is H2CrN3O10. The Kier molecular flexibility index (Phi) is 47.5. The number of rotatable bonds is 0. The molecule has 0 saturated heterocycles. The minimum absolute atomic E-state index is 0. The Bertz CT molecular complexity index is 113. The van der Waals surface area contributed by atoms with Gasteiger partial charge in [0.1, 0.15) is 0 Å². The van der Waals surface area contributed by atoms with Crippen molar-refractivity contribution in [3.8, 4) is 0 Å². The van der Waals surface area contributed by atoms with Crippen LogP contribution in [-0.2, 0) is 17.4 Å². The second-order valence-corrected chi connectivity index (χ2v) is 0.671. The van der Waals surface area contributed by atoms with Crippen molar-refractivity contribution in [1.82, 2.24) is 0 Å². The molecule has 0 aromatic carbocycles. The summed E-state index contributed by atoms with van der Waals surface area (Å²) in [4.78, 5) is 24.8. The van der Waals surface area contributed by atoms with Gasteiger partial charge in [-0.1, -0.05) is 0 Å². The molecule has 2 N–H and O–H groups in total. The van der Waals surface area contributed by atoms with Crippen LogP contribution in [0.2, 0.25) is 0 Å². The van der Waals surface area contributed by atoms with Crippen LogP contribution in [0.5, 0.6) is 0 Å². The molecule has 0 spiro atoms. The zero-order chi connectivity index (χ0) is 10.7. The summed E-state index contributed by atoms with van der Waals surface area (Å²) in [5.74, 6) is 0. The van der Waals surface area contributed by atoms with Crippen molar-refractivity contribution in [1.29, 1.82) is 0 Å². The van der Waals surface area contributed by atoms with Crippen LogP contribution in [0.1, 0.15) is 0 Å². The molecule has 0 fully saturated rings. The Morgan fingerprint density at radius 3 is 0.571 bits per heavy atom. The molecule has 14 heteroatoms. The van der Waals surface area contributed by atoms with Gasteiger partial charge in [-0.2, -0.15) is 0 Å². The van der Waals surface area contributed by atoms with Gasteiger partial charge in [0.25, 0.3) is 0 Å². The molecule has 0 rings (SSSR count). The summed E-state index contributed by atoms with van der Waals surface area (Å²) in [6.07, 6.45) is 0. The van der Waals surface area contributed by atoms with Crippen LogP contribution in [0.4, 0.5) is 0 Å². The van der Waals surface area contributed by atoms with E-state index in [4.69, 9.17) is 46.0 Å². The van der Waals surface area contributed by atoms with Gasteiger partial charge in [-0.15, -0.1) is 0 Å². The molecule has 13 nitrogen and oxygen atoms in total. The smallest absolute Gasteiger partial charge is 0.412 e. The molecule has 0 atom stereocenters. The van der Waals surface area contributed by atoms with Crippen LogP contribution in [0.3, 0.4) is 0 Å². The first-order valence-corrected chi connectivity index (χ1v) is 1.64. The maximum absolute atomic E-state index is 8.25. The summed E-state index contributed by atoms with van der Waals surface area (Å²) in [6, 6.07) is 0. The summed E-state index contributed by atoms with van der Waals surface area (Å²) < 4.78 is 0. The van der Waals surface area contributed by atoms with E-state index in [2.05, 4.69) is 0 Å². The molecule has 14 heavy (non-hydrogen) atoms. The van der Waals surface area contributed by atoms with E-state index >= 15 is 0 Å². The molecule has 0 saturated carbocycles. The molecule has 0 aliphatic carbocycles.